The Kier molecular flexibility index (Phi) is 2.21. The molecule has 3 amide bonds. The van der Waals surface area contributed by atoms with Gasteiger partial charge in [0, 0.05) is 13.1 Å². The topological polar surface area (TPSA) is 49.4 Å². The van der Waals surface area contributed by atoms with E-state index in [9.17, 15) is 9.59 Å². The number of imide groups is 1. The van der Waals surface area contributed by atoms with Crippen molar-refractivity contribution >= 4 is 11.9 Å². The lowest BCUT2D eigenvalue weighted by atomic mass is 9.67. The highest BCUT2D eigenvalue weighted by Crippen LogP contribution is 2.43. The van der Waals surface area contributed by atoms with Crippen molar-refractivity contribution in [2.24, 2.45) is 5.41 Å². The quantitative estimate of drug-likeness (QED) is 0.719. The van der Waals surface area contributed by atoms with Crippen LogP contribution in [0.5, 0.6) is 0 Å². The van der Waals surface area contributed by atoms with Gasteiger partial charge in [-0.15, -0.1) is 0 Å². The summed E-state index contributed by atoms with van der Waals surface area (Å²) >= 11 is 0. The van der Waals surface area contributed by atoms with Gasteiger partial charge in [0.15, 0.2) is 0 Å². The first-order valence-electron chi connectivity index (χ1n) is 5.29. The molecule has 1 saturated heterocycles. The zero-order chi connectivity index (χ0) is 10.2. The van der Waals surface area contributed by atoms with Gasteiger partial charge in [0.05, 0.1) is 5.41 Å². The maximum Gasteiger partial charge on any atom is 0.324 e. The summed E-state index contributed by atoms with van der Waals surface area (Å²) < 4.78 is 0. The maximum atomic E-state index is 12.0. The molecule has 2 aliphatic rings. The summed E-state index contributed by atoms with van der Waals surface area (Å²) in [5, 5.41) is 2.81. The first-order valence-corrected chi connectivity index (χ1v) is 5.29. The molecule has 4 heteroatoms. The summed E-state index contributed by atoms with van der Waals surface area (Å²) in [6.07, 6.45) is 3.81. The van der Waals surface area contributed by atoms with Gasteiger partial charge in [0.1, 0.15) is 0 Å². The molecule has 1 aliphatic carbocycles. The SMILES string of the molecule is CCCN1C(=O)NCC2(CCC2)C1=O. The van der Waals surface area contributed by atoms with Crippen LogP contribution in [0.25, 0.3) is 0 Å². The highest BCUT2D eigenvalue weighted by Gasteiger charge is 2.50. The second-order valence-electron chi connectivity index (χ2n) is 4.25. The molecule has 2 fully saturated rings. The summed E-state index contributed by atoms with van der Waals surface area (Å²) in [5.74, 6) is 0.0503. The molecule has 0 radical (unpaired) electrons. The number of nitrogens with zero attached hydrogens (tertiary/aromatic N) is 1. The third kappa shape index (κ3) is 1.21. The van der Waals surface area contributed by atoms with Crippen molar-refractivity contribution in [3.8, 4) is 0 Å². The molecular weight excluding hydrogens is 180 g/mol. The van der Waals surface area contributed by atoms with E-state index in [2.05, 4.69) is 5.32 Å². The molecule has 0 atom stereocenters. The number of amides is 3. The molecule has 0 bridgehead atoms. The molecule has 14 heavy (non-hydrogen) atoms. The Morgan fingerprint density at radius 2 is 2.14 bits per heavy atom. The first kappa shape index (κ1) is 9.49. The number of carbonyl (C=O) groups is 2. The van der Waals surface area contributed by atoms with Gasteiger partial charge < -0.3 is 5.32 Å². The predicted octanol–water partition coefficient (Wildman–Crippen LogP) is 1.12. The number of hydrogen-bond acceptors (Lipinski definition) is 2. The number of carbonyl (C=O) groups excluding carboxylic acids is 2. The lowest BCUT2D eigenvalue weighted by Gasteiger charge is -2.46. The van der Waals surface area contributed by atoms with Crippen LogP contribution in [0.4, 0.5) is 4.79 Å². The van der Waals surface area contributed by atoms with E-state index >= 15 is 0 Å². The van der Waals surface area contributed by atoms with E-state index in [1.54, 1.807) is 0 Å². The lowest BCUT2D eigenvalue weighted by molar-refractivity contribution is -0.146. The van der Waals surface area contributed by atoms with Crippen LogP contribution in [0.15, 0.2) is 0 Å². The Hall–Kier alpha value is -1.06. The number of urea groups is 1. The molecule has 0 aromatic rings. The molecule has 1 N–H and O–H groups in total. The predicted molar refractivity (Wildman–Crippen MR) is 51.7 cm³/mol. The minimum absolute atomic E-state index is 0.0503. The lowest BCUT2D eigenvalue weighted by Crippen LogP contribution is -2.62. The molecule has 1 heterocycles. The molecule has 0 unspecified atom stereocenters. The zero-order valence-corrected chi connectivity index (χ0v) is 8.51. The fourth-order valence-corrected chi connectivity index (χ4v) is 2.22. The second-order valence-corrected chi connectivity index (χ2v) is 4.25. The van der Waals surface area contributed by atoms with Crippen molar-refractivity contribution in [3.05, 3.63) is 0 Å². The van der Waals surface area contributed by atoms with Crippen LogP contribution >= 0.6 is 0 Å². The molecule has 1 saturated carbocycles. The van der Waals surface area contributed by atoms with Crippen LogP contribution in [0.2, 0.25) is 0 Å². The van der Waals surface area contributed by atoms with Crippen molar-refractivity contribution in [2.75, 3.05) is 13.1 Å². The van der Waals surface area contributed by atoms with Crippen LogP contribution in [0.1, 0.15) is 32.6 Å². The highest BCUT2D eigenvalue weighted by atomic mass is 16.2. The Labute approximate surface area is 83.6 Å². The van der Waals surface area contributed by atoms with Gasteiger partial charge in [-0.25, -0.2) is 4.79 Å². The third-order valence-electron chi connectivity index (χ3n) is 3.28. The minimum Gasteiger partial charge on any atom is -0.337 e. The molecule has 0 aromatic carbocycles. The summed E-state index contributed by atoms with van der Waals surface area (Å²) in [6.45, 7) is 3.07. The molecule has 78 valence electrons. The molecule has 4 nitrogen and oxygen atoms in total. The average molecular weight is 196 g/mol. The van der Waals surface area contributed by atoms with E-state index in [1.807, 2.05) is 6.92 Å². The normalized spacial score (nSPS) is 24.8. The summed E-state index contributed by atoms with van der Waals surface area (Å²) in [7, 11) is 0. The summed E-state index contributed by atoms with van der Waals surface area (Å²) in [6, 6.07) is -0.214. The van der Waals surface area contributed by atoms with Gasteiger partial charge >= 0.3 is 6.03 Å². The van der Waals surface area contributed by atoms with E-state index < -0.39 is 0 Å². The van der Waals surface area contributed by atoms with Crippen LogP contribution in [0, 0.1) is 5.41 Å². The van der Waals surface area contributed by atoms with Crippen molar-refractivity contribution in [3.63, 3.8) is 0 Å². The maximum absolute atomic E-state index is 12.0. The highest BCUT2D eigenvalue weighted by molar-refractivity contribution is 6.00. The van der Waals surface area contributed by atoms with E-state index in [1.165, 1.54) is 4.90 Å². The van der Waals surface area contributed by atoms with E-state index in [0.29, 0.717) is 13.1 Å². The third-order valence-corrected chi connectivity index (χ3v) is 3.28. The Morgan fingerprint density at radius 3 is 2.64 bits per heavy atom. The fourth-order valence-electron chi connectivity index (χ4n) is 2.22. The van der Waals surface area contributed by atoms with Crippen molar-refractivity contribution in [2.45, 2.75) is 32.6 Å². The summed E-state index contributed by atoms with van der Waals surface area (Å²) in [5.41, 5.74) is -0.233. The monoisotopic (exact) mass is 196 g/mol. The van der Waals surface area contributed by atoms with Gasteiger partial charge in [-0.1, -0.05) is 13.3 Å². The fraction of sp³-hybridized carbons (Fsp3) is 0.800. The number of hydrogen-bond donors (Lipinski definition) is 1. The van der Waals surface area contributed by atoms with Crippen LogP contribution in [0.3, 0.4) is 0 Å². The first-order chi connectivity index (χ1) is 6.69. The standard InChI is InChI=1S/C10H16N2O2/c1-2-6-12-8(13)10(4-3-5-10)7-11-9(12)14/h2-7H2,1H3,(H,11,14). The zero-order valence-electron chi connectivity index (χ0n) is 8.51. The van der Waals surface area contributed by atoms with E-state index in [4.69, 9.17) is 0 Å². The average Bonchev–Trinajstić information content (AvgIpc) is 2.10. The second kappa shape index (κ2) is 3.26. The number of rotatable bonds is 2. The van der Waals surface area contributed by atoms with E-state index in [0.717, 1.165) is 25.7 Å². The minimum atomic E-state index is -0.233. The Bertz CT molecular complexity index is 271. The largest absolute Gasteiger partial charge is 0.337 e. The van der Waals surface area contributed by atoms with Crippen LogP contribution in [-0.2, 0) is 4.79 Å². The number of nitrogens with one attached hydrogen (secondary N) is 1. The van der Waals surface area contributed by atoms with Crippen LogP contribution < -0.4 is 5.32 Å². The van der Waals surface area contributed by atoms with Crippen LogP contribution in [-0.4, -0.2) is 29.9 Å². The molecule has 0 aromatic heterocycles. The van der Waals surface area contributed by atoms with Crippen molar-refractivity contribution < 1.29 is 9.59 Å². The van der Waals surface area contributed by atoms with Gasteiger partial charge in [-0.3, -0.25) is 9.69 Å². The van der Waals surface area contributed by atoms with Gasteiger partial charge in [-0.05, 0) is 19.3 Å². The molecule has 2 rings (SSSR count). The van der Waals surface area contributed by atoms with Gasteiger partial charge in [0.2, 0.25) is 5.91 Å². The molecular formula is C10H16N2O2. The van der Waals surface area contributed by atoms with Crippen molar-refractivity contribution in [1.29, 1.82) is 0 Å². The smallest absolute Gasteiger partial charge is 0.324 e. The van der Waals surface area contributed by atoms with Crippen molar-refractivity contribution in [1.82, 2.24) is 10.2 Å². The molecule has 1 spiro atoms. The van der Waals surface area contributed by atoms with Gasteiger partial charge in [0.25, 0.3) is 0 Å². The molecule has 1 aliphatic heterocycles. The summed E-state index contributed by atoms with van der Waals surface area (Å²) in [4.78, 5) is 24.8. The Balaban J connectivity index is 2.13. The van der Waals surface area contributed by atoms with Gasteiger partial charge in [-0.2, -0.15) is 0 Å². The Morgan fingerprint density at radius 1 is 1.43 bits per heavy atom. The van der Waals surface area contributed by atoms with E-state index in [-0.39, 0.29) is 17.4 Å².